The van der Waals surface area contributed by atoms with Crippen LogP contribution in [0.4, 0.5) is 0 Å². The molecule has 0 amide bonds. The van der Waals surface area contributed by atoms with Gasteiger partial charge in [0.05, 0.1) is 12.9 Å². The highest BCUT2D eigenvalue weighted by molar-refractivity contribution is 5.37. The molecule has 18 heavy (non-hydrogen) atoms. The van der Waals surface area contributed by atoms with Crippen LogP contribution in [0.25, 0.3) is 5.69 Å². The molecule has 3 heteroatoms. The van der Waals surface area contributed by atoms with Gasteiger partial charge in [0.2, 0.25) is 0 Å². The Labute approximate surface area is 108 Å². The average Bonchev–Trinajstić information content (AvgIpc) is 2.93. The molecule has 3 nitrogen and oxygen atoms in total. The van der Waals surface area contributed by atoms with Gasteiger partial charge in [-0.25, -0.2) is 4.98 Å². The smallest absolute Gasteiger partial charge is 0.119 e. The summed E-state index contributed by atoms with van der Waals surface area (Å²) in [4.78, 5) is 4.02. The summed E-state index contributed by atoms with van der Waals surface area (Å²) in [7, 11) is 0. The minimum absolute atomic E-state index is 0.762. The Morgan fingerprint density at radius 1 is 1.22 bits per heavy atom. The SMILES string of the molecule is C=CCCCCOc1ccc(-n2ccnc2)cc1. The van der Waals surface area contributed by atoms with Crippen molar-refractivity contribution in [2.45, 2.75) is 19.3 Å². The average molecular weight is 242 g/mol. The highest BCUT2D eigenvalue weighted by Crippen LogP contribution is 2.15. The van der Waals surface area contributed by atoms with E-state index in [1.807, 2.05) is 41.1 Å². The van der Waals surface area contributed by atoms with E-state index in [2.05, 4.69) is 11.6 Å². The Balaban J connectivity index is 1.82. The Morgan fingerprint density at radius 3 is 2.72 bits per heavy atom. The van der Waals surface area contributed by atoms with Crippen molar-refractivity contribution < 1.29 is 4.74 Å². The second-order valence-electron chi connectivity index (χ2n) is 4.10. The quantitative estimate of drug-likeness (QED) is 0.548. The predicted octanol–water partition coefficient (Wildman–Crippen LogP) is 3.61. The van der Waals surface area contributed by atoms with E-state index >= 15 is 0 Å². The first kappa shape index (κ1) is 12.4. The van der Waals surface area contributed by atoms with Crippen LogP contribution in [0.1, 0.15) is 19.3 Å². The lowest BCUT2D eigenvalue weighted by molar-refractivity contribution is 0.307. The van der Waals surface area contributed by atoms with Crippen LogP contribution < -0.4 is 4.74 Å². The number of aromatic nitrogens is 2. The lowest BCUT2D eigenvalue weighted by Gasteiger charge is -2.07. The number of nitrogens with zero attached hydrogens (tertiary/aromatic N) is 2. The van der Waals surface area contributed by atoms with Crippen LogP contribution in [0.2, 0.25) is 0 Å². The van der Waals surface area contributed by atoms with Crippen molar-refractivity contribution in [3.63, 3.8) is 0 Å². The minimum Gasteiger partial charge on any atom is -0.494 e. The van der Waals surface area contributed by atoms with Crippen LogP contribution in [-0.2, 0) is 0 Å². The Morgan fingerprint density at radius 2 is 2.06 bits per heavy atom. The minimum atomic E-state index is 0.762. The van der Waals surface area contributed by atoms with Crippen LogP contribution in [-0.4, -0.2) is 16.2 Å². The summed E-state index contributed by atoms with van der Waals surface area (Å²) in [6.45, 7) is 4.46. The Hall–Kier alpha value is -2.03. The monoisotopic (exact) mass is 242 g/mol. The van der Waals surface area contributed by atoms with Gasteiger partial charge in [-0.15, -0.1) is 6.58 Å². The zero-order chi connectivity index (χ0) is 12.6. The van der Waals surface area contributed by atoms with Crippen molar-refractivity contribution in [3.05, 3.63) is 55.6 Å². The third-order valence-corrected chi connectivity index (χ3v) is 2.71. The number of rotatable bonds is 7. The maximum atomic E-state index is 5.67. The molecular weight excluding hydrogens is 224 g/mol. The lowest BCUT2D eigenvalue weighted by atomic mass is 10.2. The second kappa shape index (κ2) is 6.64. The Kier molecular flexibility index (Phi) is 4.59. The van der Waals surface area contributed by atoms with Crippen LogP contribution in [0.3, 0.4) is 0 Å². The van der Waals surface area contributed by atoms with Crippen molar-refractivity contribution in [2.24, 2.45) is 0 Å². The molecule has 1 aromatic heterocycles. The van der Waals surface area contributed by atoms with Gasteiger partial charge in [0.1, 0.15) is 5.75 Å². The highest BCUT2D eigenvalue weighted by Gasteiger charge is 1.97. The number of unbranched alkanes of at least 4 members (excludes halogenated alkanes) is 2. The van der Waals surface area contributed by atoms with Crippen molar-refractivity contribution in [1.82, 2.24) is 9.55 Å². The molecule has 0 aliphatic heterocycles. The molecular formula is C15H18N2O. The lowest BCUT2D eigenvalue weighted by Crippen LogP contribution is -1.97. The van der Waals surface area contributed by atoms with Gasteiger partial charge in [0.25, 0.3) is 0 Å². The maximum absolute atomic E-state index is 5.67. The fraction of sp³-hybridized carbons (Fsp3) is 0.267. The summed E-state index contributed by atoms with van der Waals surface area (Å²) < 4.78 is 7.63. The van der Waals surface area contributed by atoms with Gasteiger partial charge in [-0.2, -0.15) is 0 Å². The van der Waals surface area contributed by atoms with E-state index in [0.717, 1.165) is 37.3 Å². The van der Waals surface area contributed by atoms with Crippen LogP contribution in [0, 0.1) is 0 Å². The molecule has 2 rings (SSSR count). The second-order valence-corrected chi connectivity index (χ2v) is 4.10. The molecule has 0 unspecified atom stereocenters. The molecule has 0 saturated heterocycles. The summed E-state index contributed by atoms with van der Waals surface area (Å²) in [6, 6.07) is 8.03. The molecule has 0 aliphatic carbocycles. The summed E-state index contributed by atoms with van der Waals surface area (Å²) in [6.07, 6.45) is 10.7. The maximum Gasteiger partial charge on any atom is 0.119 e. The van der Waals surface area contributed by atoms with Gasteiger partial charge in [0, 0.05) is 18.1 Å². The molecule has 0 aliphatic rings. The third-order valence-electron chi connectivity index (χ3n) is 2.71. The largest absolute Gasteiger partial charge is 0.494 e. The van der Waals surface area contributed by atoms with E-state index in [-0.39, 0.29) is 0 Å². The molecule has 0 bridgehead atoms. The molecule has 0 spiro atoms. The summed E-state index contributed by atoms with van der Waals surface area (Å²) >= 11 is 0. The zero-order valence-corrected chi connectivity index (χ0v) is 10.5. The topological polar surface area (TPSA) is 27.1 Å². The molecule has 0 atom stereocenters. The normalized spacial score (nSPS) is 10.2. The molecule has 94 valence electrons. The number of hydrogen-bond acceptors (Lipinski definition) is 2. The van der Waals surface area contributed by atoms with Crippen LogP contribution in [0.15, 0.2) is 55.6 Å². The third kappa shape index (κ3) is 3.48. The molecule has 1 heterocycles. The number of allylic oxidation sites excluding steroid dienone is 1. The molecule has 0 N–H and O–H groups in total. The van der Waals surface area contributed by atoms with E-state index in [1.165, 1.54) is 0 Å². The van der Waals surface area contributed by atoms with Gasteiger partial charge >= 0.3 is 0 Å². The molecule has 2 aromatic rings. The highest BCUT2D eigenvalue weighted by atomic mass is 16.5. The summed E-state index contributed by atoms with van der Waals surface area (Å²) in [5.74, 6) is 0.914. The van der Waals surface area contributed by atoms with E-state index in [4.69, 9.17) is 4.74 Å². The molecule has 0 radical (unpaired) electrons. The van der Waals surface area contributed by atoms with Gasteiger partial charge in [-0.05, 0) is 43.5 Å². The standard InChI is InChI=1S/C15H18N2O/c1-2-3-4-5-12-18-15-8-6-14(7-9-15)17-11-10-16-13-17/h2,6-11,13H,1,3-5,12H2. The molecule has 0 saturated carbocycles. The fourth-order valence-corrected chi connectivity index (χ4v) is 1.71. The van der Waals surface area contributed by atoms with Gasteiger partial charge in [-0.1, -0.05) is 6.08 Å². The van der Waals surface area contributed by atoms with Crippen LogP contribution >= 0.6 is 0 Å². The van der Waals surface area contributed by atoms with E-state index < -0.39 is 0 Å². The van der Waals surface area contributed by atoms with Crippen molar-refractivity contribution in [2.75, 3.05) is 6.61 Å². The number of benzene rings is 1. The number of ether oxygens (including phenoxy) is 1. The predicted molar refractivity (Wildman–Crippen MR) is 73.1 cm³/mol. The zero-order valence-electron chi connectivity index (χ0n) is 10.5. The Bertz CT molecular complexity index is 460. The van der Waals surface area contributed by atoms with Gasteiger partial charge < -0.3 is 9.30 Å². The molecule has 1 aromatic carbocycles. The van der Waals surface area contributed by atoms with Gasteiger partial charge in [0.15, 0.2) is 0 Å². The van der Waals surface area contributed by atoms with E-state index in [1.54, 1.807) is 12.5 Å². The summed E-state index contributed by atoms with van der Waals surface area (Å²) in [5.41, 5.74) is 1.09. The van der Waals surface area contributed by atoms with Crippen LogP contribution in [0.5, 0.6) is 5.75 Å². The number of hydrogen-bond donors (Lipinski definition) is 0. The van der Waals surface area contributed by atoms with Crippen molar-refractivity contribution in [3.8, 4) is 11.4 Å². The first-order chi connectivity index (χ1) is 8.90. The summed E-state index contributed by atoms with van der Waals surface area (Å²) in [5, 5.41) is 0. The van der Waals surface area contributed by atoms with Crippen molar-refractivity contribution >= 4 is 0 Å². The first-order valence-corrected chi connectivity index (χ1v) is 6.22. The molecule has 0 fully saturated rings. The fourth-order valence-electron chi connectivity index (χ4n) is 1.71. The van der Waals surface area contributed by atoms with E-state index in [9.17, 15) is 0 Å². The number of imidazole rings is 1. The van der Waals surface area contributed by atoms with Crippen molar-refractivity contribution in [1.29, 1.82) is 0 Å². The van der Waals surface area contributed by atoms with Gasteiger partial charge in [-0.3, -0.25) is 0 Å². The first-order valence-electron chi connectivity index (χ1n) is 6.22. The van der Waals surface area contributed by atoms with E-state index in [0.29, 0.717) is 0 Å².